The summed E-state index contributed by atoms with van der Waals surface area (Å²) in [6.45, 7) is 0.601. The molecule has 6 heteroatoms. The first-order valence-electron chi connectivity index (χ1n) is 11.7. The molecular weight excluding hydrogens is 438 g/mol. The van der Waals surface area contributed by atoms with Crippen molar-refractivity contribution in [3.63, 3.8) is 0 Å². The van der Waals surface area contributed by atoms with Crippen molar-refractivity contribution >= 4 is 11.7 Å². The average Bonchev–Trinajstić information content (AvgIpc) is 2.90. The standard InChI is InChI=1S/C29H31N3O3/c1-31(29(34)30-24-15-17-25(35-3)18-16-24)19-26-28(27(20-33)32(26)2)23-13-11-22(12-14-23)10-9-21-7-5-4-6-8-21/h4-8,11-18,26-28,33H,19-20H2,1-3H3,(H,30,34)/t26-,27+,28+/m0/s1. The lowest BCUT2D eigenvalue weighted by molar-refractivity contribution is -0.0296. The van der Waals surface area contributed by atoms with Crippen molar-refractivity contribution in [2.45, 2.75) is 18.0 Å². The van der Waals surface area contributed by atoms with Crippen molar-refractivity contribution in [2.75, 3.05) is 39.7 Å². The predicted molar refractivity (Wildman–Crippen MR) is 139 cm³/mol. The highest BCUT2D eigenvalue weighted by Gasteiger charge is 2.47. The summed E-state index contributed by atoms with van der Waals surface area (Å²) < 4.78 is 5.17. The van der Waals surface area contributed by atoms with E-state index in [9.17, 15) is 9.90 Å². The van der Waals surface area contributed by atoms with Crippen LogP contribution in [0.5, 0.6) is 5.75 Å². The number of ether oxygens (including phenoxy) is 1. The van der Waals surface area contributed by atoms with Gasteiger partial charge < -0.3 is 20.1 Å². The summed E-state index contributed by atoms with van der Waals surface area (Å²) in [5.74, 6) is 7.25. The lowest BCUT2D eigenvalue weighted by atomic mass is 9.75. The second kappa shape index (κ2) is 11.1. The van der Waals surface area contributed by atoms with Crippen molar-refractivity contribution in [1.29, 1.82) is 0 Å². The first-order valence-corrected chi connectivity index (χ1v) is 11.7. The van der Waals surface area contributed by atoms with Gasteiger partial charge >= 0.3 is 6.03 Å². The van der Waals surface area contributed by atoms with Gasteiger partial charge in [-0.2, -0.15) is 0 Å². The number of hydrogen-bond acceptors (Lipinski definition) is 4. The largest absolute Gasteiger partial charge is 0.497 e. The molecule has 35 heavy (non-hydrogen) atoms. The van der Waals surface area contributed by atoms with Crippen LogP contribution in [0.3, 0.4) is 0 Å². The fraction of sp³-hybridized carbons (Fsp3) is 0.276. The normalized spacial score (nSPS) is 19.1. The zero-order valence-corrected chi connectivity index (χ0v) is 20.3. The van der Waals surface area contributed by atoms with Gasteiger partial charge in [0.2, 0.25) is 0 Å². The van der Waals surface area contributed by atoms with Crippen LogP contribution >= 0.6 is 0 Å². The third-order valence-corrected chi connectivity index (χ3v) is 6.63. The molecule has 0 aromatic heterocycles. The van der Waals surface area contributed by atoms with Crippen LogP contribution in [0.15, 0.2) is 78.9 Å². The summed E-state index contributed by atoms with van der Waals surface area (Å²) >= 11 is 0. The quantitative estimate of drug-likeness (QED) is 0.536. The van der Waals surface area contributed by atoms with Gasteiger partial charge in [-0.1, -0.05) is 42.2 Å². The highest BCUT2D eigenvalue weighted by molar-refractivity contribution is 5.89. The molecule has 0 aliphatic carbocycles. The summed E-state index contributed by atoms with van der Waals surface area (Å²) in [6, 6.07) is 25.3. The van der Waals surface area contributed by atoms with Crippen molar-refractivity contribution in [1.82, 2.24) is 9.80 Å². The summed E-state index contributed by atoms with van der Waals surface area (Å²) in [6.07, 6.45) is 0. The maximum atomic E-state index is 12.8. The van der Waals surface area contributed by atoms with E-state index in [-0.39, 0.29) is 30.6 Å². The number of aliphatic hydroxyl groups excluding tert-OH is 1. The van der Waals surface area contributed by atoms with Crippen LogP contribution in [-0.4, -0.2) is 67.4 Å². The van der Waals surface area contributed by atoms with Gasteiger partial charge in [0, 0.05) is 48.4 Å². The molecule has 0 unspecified atom stereocenters. The monoisotopic (exact) mass is 469 g/mol. The van der Waals surface area contributed by atoms with Gasteiger partial charge in [0.05, 0.1) is 13.7 Å². The number of benzene rings is 3. The van der Waals surface area contributed by atoms with E-state index >= 15 is 0 Å². The van der Waals surface area contributed by atoms with Gasteiger partial charge in [-0.25, -0.2) is 4.79 Å². The van der Waals surface area contributed by atoms with Crippen LogP contribution in [0.1, 0.15) is 22.6 Å². The molecule has 0 bridgehead atoms. The molecule has 1 aliphatic heterocycles. The van der Waals surface area contributed by atoms with E-state index in [0.717, 1.165) is 22.4 Å². The Bertz CT molecular complexity index is 1180. The van der Waals surface area contributed by atoms with Gasteiger partial charge in [-0.15, -0.1) is 0 Å². The zero-order chi connectivity index (χ0) is 24.8. The van der Waals surface area contributed by atoms with E-state index in [1.165, 1.54) is 0 Å². The van der Waals surface area contributed by atoms with Crippen LogP contribution in [0, 0.1) is 11.8 Å². The number of hydrogen-bond donors (Lipinski definition) is 2. The highest BCUT2D eigenvalue weighted by atomic mass is 16.5. The number of carbonyl (C=O) groups is 1. The van der Waals surface area contributed by atoms with Crippen molar-refractivity contribution in [3.8, 4) is 17.6 Å². The molecule has 3 atom stereocenters. The van der Waals surface area contributed by atoms with Gasteiger partial charge in [0.1, 0.15) is 5.75 Å². The van der Waals surface area contributed by atoms with E-state index in [0.29, 0.717) is 12.2 Å². The number of anilines is 1. The van der Waals surface area contributed by atoms with Crippen LogP contribution < -0.4 is 10.1 Å². The fourth-order valence-electron chi connectivity index (χ4n) is 4.55. The minimum absolute atomic E-state index is 0.0132. The van der Waals surface area contributed by atoms with E-state index in [1.807, 2.05) is 73.8 Å². The molecule has 1 aliphatic rings. The minimum atomic E-state index is -0.179. The summed E-state index contributed by atoms with van der Waals surface area (Å²) in [5, 5.41) is 12.9. The molecule has 3 aromatic rings. The van der Waals surface area contributed by atoms with Crippen LogP contribution in [-0.2, 0) is 0 Å². The SMILES string of the molecule is COc1ccc(NC(=O)N(C)C[C@H]2[C@@H](c3ccc(C#Cc4ccccc4)cc3)[C@@H](CO)N2C)cc1. The van der Waals surface area contributed by atoms with Crippen molar-refractivity contribution in [3.05, 3.63) is 95.6 Å². The van der Waals surface area contributed by atoms with Gasteiger partial charge in [-0.05, 0) is 61.1 Å². The third-order valence-electron chi connectivity index (χ3n) is 6.63. The number of likely N-dealkylation sites (tertiary alicyclic amines) is 1. The summed E-state index contributed by atoms with van der Waals surface area (Å²) in [7, 11) is 5.40. The smallest absolute Gasteiger partial charge is 0.321 e. The molecule has 0 radical (unpaired) electrons. The highest BCUT2D eigenvalue weighted by Crippen LogP contribution is 2.39. The van der Waals surface area contributed by atoms with Gasteiger partial charge in [0.25, 0.3) is 0 Å². The molecule has 0 spiro atoms. The van der Waals surface area contributed by atoms with E-state index < -0.39 is 0 Å². The first-order chi connectivity index (χ1) is 17.0. The Hall–Kier alpha value is -3.79. The summed E-state index contributed by atoms with van der Waals surface area (Å²) in [5.41, 5.74) is 3.77. The minimum Gasteiger partial charge on any atom is -0.497 e. The van der Waals surface area contributed by atoms with Crippen molar-refractivity contribution in [2.24, 2.45) is 0 Å². The Morgan fingerprint density at radius 3 is 2.20 bits per heavy atom. The van der Waals surface area contributed by atoms with Gasteiger partial charge in [0.15, 0.2) is 0 Å². The molecule has 6 nitrogen and oxygen atoms in total. The number of urea groups is 1. The lowest BCUT2D eigenvalue weighted by Gasteiger charge is -2.54. The molecule has 3 aromatic carbocycles. The Kier molecular flexibility index (Phi) is 7.71. The molecule has 2 amide bonds. The molecule has 0 saturated carbocycles. The second-order valence-corrected chi connectivity index (χ2v) is 8.79. The number of likely N-dealkylation sites (N-methyl/N-ethyl adjacent to an activating group) is 2. The van der Waals surface area contributed by atoms with E-state index in [2.05, 4.69) is 34.2 Å². The number of rotatable bonds is 6. The second-order valence-electron chi connectivity index (χ2n) is 8.79. The van der Waals surface area contributed by atoms with Crippen molar-refractivity contribution < 1.29 is 14.6 Å². The van der Waals surface area contributed by atoms with Crippen LogP contribution in [0.25, 0.3) is 0 Å². The molecule has 180 valence electrons. The molecule has 4 rings (SSSR count). The predicted octanol–water partition coefficient (Wildman–Crippen LogP) is 4.02. The van der Waals surface area contributed by atoms with E-state index in [4.69, 9.17) is 4.74 Å². The van der Waals surface area contributed by atoms with E-state index in [1.54, 1.807) is 19.1 Å². The lowest BCUT2D eigenvalue weighted by Crippen LogP contribution is -2.65. The Labute approximate surface area is 207 Å². The van der Waals surface area contributed by atoms with Crippen LogP contribution in [0.4, 0.5) is 10.5 Å². The number of methoxy groups -OCH3 is 1. The number of nitrogens with zero attached hydrogens (tertiary/aromatic N) is 2. The third kappa shape index (κ3) is 5.65. The average molecular weight is 470 g/mol. The zero-order valence-electron chi connectivity index (χ0n) is 20.3. The Morgan fingerprint density at radius 2 is 1.60 bits per heavy atom. The Morgan fingerprint density at radius 1 is 0.971 bits per heavy atom. The maximum Gasteiger partial charge on any atom is 0.321 e. The number of nitrogens with one attached hydrogen (secondary N) is 1. The molecule has 1 fully saturated rings. The first kappa shape index (κ1) is 24.3. The van der Waals surface area contributed by atoms with Gasteiger partial charge in [-0.3, -0.25) is 4.90 Å². The van der Waals surface area contributed by atoms with Crippen LogP contribution in [0.2, 0.25) is 0 Å². The molecular formula is C29H31N3O3. The maximum absolute atomic E-state index is 12.8. The number of amides is 2. The molecule has 1 heterocycles. The summed E-state index contributed by atoms with van der Waals surface area (Å²) in [4.78, 5) is 16.6. The molecule has 1 saturated heterocycles. The number of carbonyl (C=O) groups excluding carboxylic acids is 1. The fourth-order valence-corrected chi connectivity index (χ4v) is 4.55. The topological polar surface area (TPSA) is 65.0 Å². The molecule has 2 N–H and O–H groups in total. The number of aliphatic hydroxyl groups is 1. The Balaban J connectivity index is 1.42.